The number of benzene rings is 1. The van der Waals surface area contributed by atoms with Gasteiger partial charge in [0.05, 0.1) is 11.4 Å². The third-order valence-corrected chi connectivity index (χ3v) is 9.69. The fraction of sp³-hybridized carbons (Fsp3) is 0.611. The molecule has 1 aromatic rings. The summed E-state index contributed by atoms with van der Waals surface area (Å²) < 4.78 is 6.36. The van der Waals surface area contributed by atoms with E-state index in [1.54, 1.807) is 0 Å². The molecule has 0 radical (unpaired) electrons. The SMILES string of the molecule is CC(C)(C)[Si](C)(C)Oc1ccc(N)c(NC2CCN(C(=O)O)CC2)c1. The molecular formula is C18H31N3O3Si. The molecule has 0 spiro atoms. The van der Waals surface area contributed by atoms with Gasteiger partial charge in [-0.3, -0.25) is 0 Å². The summed E-state index contributed by atoms with van der Waals surface area (Å²) in [5.41, 5.74) is 7.67. The fourth-order valence-electron chi connectivity index (χ4n) is 2.61. The van der Waals surface area contributed by atoms with Gasteiger partial charge in [0.15, 0.2) is 0 Å². The second-order valence-electron chi connectivity index (χ2n) is 8.30. The van der Waals surface area contributed by atoms with Crippen molar-refractivity contribution in [1.82, 2.24) is 4.90 Å². The van der Waals surface area contributed by atoms with Crippen LogP contribution in [0.3, 0.4) is 0 Å². The predicted molar refractivity (Wildman–Crippen MR) is 105 cm³/mol. The molecule has 0 saturated carbocycles. The summed E-state index contributed by atoms with van der Waals surface area (Å²) in [6, 6.07) is 5.99. The average molecular weight is 366 g/mol. The van der Waals surface area contributed by atoms with Gasteiger partial charge in [0.2, 0.25) is 8.32 Å². The molecule has 1 aliphatic heterocycles. The minimum Gasteiger partial charge on any atom is -0.543 e. The van der Waals surface area contributed by atoms with Gasteiger partial charge in [0, 0.05) is 25.2 Å². The van der Waals surface area contributed by atoms with Crippen LogP contribution >= 0.6 is 0 Å². The lowest BCUT2D eigenvalue weighted by molar-refractivity contribution is 0.134. The lowest BCUT2D eigenvalue weighted by atomic mass is 10.0. The second kappa shape index (κ2) is 7.15. The molecule has 0 aromatic heterocycles. The smallest absolute Gasteiger partial charge is 0.407 e. The molecule has 0 atom stereocenters. The number of amides is 1. The summed E-state index contributed by atoms with van der Waals surface area (Å²) in [4.78, 5) is 12.5. The summed E-state index contributed by atoms with van der Waals surface area (Å²) in [6.07, 6.45) is 0.709. The highest BCUT2D eigenvalue weighted by Gasteiger charge is 2.39. The number of hydrogen-bond donors (Lipinski definition) is 3. The highest BCUT2D eigenvalue weighted by Crippen LogP contribution is 2.38. The van der Waals surface area contributed by atoms with Gasteiger partial charge >= 0.3 is 6.09 Å². The lowest BCUT2D eigenvalue weighted by Crippen LogP contribution is -2.44. The number of nitrogens with zero attached hydrogens (tertiary/aromatic N) is 1. The van der Waals surface area contributed by atoms with Gasteiger partial charge in [-0.25, -0.2) is 4.79 Å². The van der Waals surface area contributed by atoms with Crippen molar-refractivity contribution >= 4 is 25.8 Å². The van der Waals surface area contributed by atoms with Crippen LogP contribution in [0.15, 0.2) is 18.2 Å². The van der Waals surface area contributed by atoms with E-state index in [1.807, 2.05) is 18.2 Å². The molecule has 0 bridgehead atoms. The van der Waals surface area contributed by atoms with Gasteiger partial charge in [-0.05, 0) is 43.1 Å². The molecule has 0 aliphatic carbocycles. The zero-order valence-electron chi connectivity index (χ0n) is 15.9. The standard InChI is InChI=1S/C18H31N3O3Si/c1-18(2,3)25(4,5)24-14-6-7-15(19)16(12-14)20-13-8-10-21(11-9-13)17(22)23/h6-7,12-13,20H,8-11,19H2,1-5H3,(H,22,23). The largest absolute Gasteiger partial charge is 0.543 e. The zero-order valence-corrected chi connectivity index (χ0v) is 16.9. The highest BCUT2D eigenvalue weighted by atomic mass is 28.4. The Bertz CT molecular complexity index is 620. The number of rotatable bonds is 4. The Morgan fingerprint density at radius 1 is 1.32 bits per heavy atom. The van der Waals surface area contributed by atoms with Crippen LogP contribution in [0, 0.1) is 0 Å². The Kier molecular flexibility index (Phi) is 5.56. The molecular weight excluding hydrogens is 334 g/mol. The van der Waals surface area contributed by atoms with E-state index in [4.69, 9.17) is 15.3 Å². The van der Waals surface area contributed by atoms with E-state index in [1.165, 1.54) is 4.90 Å². The molecule has 25 heavy (non-hydrogen) atoms. The number of likely N-dealkylation sites (tertiary alicyclic amines) is 1. The fourth-order valence-corrected chi connectivity index (χ4v) is 3.63. The normalized spacial score (nSPS) is 16.6. The molecule has 1 amide bonds. The van der Waals surface area contributed by atoms with Crippen molar-refractivity contribution < 1.29 is 14.3 Å². The summed E-state index contributed by atoms with van der Waals surface area (Å²) in [7, 11) is -1.90. The zero-order chi connectivity index (χ0) is 18.8. The number of nitrogens with one attached hydrogen (secondary N) is 1. The van der Waals surface area contributed by atoms with Crippen LogP contribution in [-0.4, -0.2) is 43.5 Å². The van der Waals surface area contributed by atoms with E-state index >= 15 is 0 Å². The van der Waals surface area contributed by atoms with Gasteiger partial charge in [-0.15, -0.1) is 0 Å². The Balaban J connectivity index is 2.06. The molecule has 1 aliphatic rings. The van der Waals surface area contributed by atoms with Crippen molar-refractivity contribution in [2.45, 2.75) is 57.8 Å². The van der Waals surface area contributed by atoms with Crippen LogP contribution in [0.5, 0.6) is 5.75 Å². The van der Waals surface area contributed by atoms with Crippen molar-refractivity contribution in [3.05, 3.63) is 18.2 Å². The molecule has 4 N–H and O–H groups in total. The minimum atomic E-state index is -1.90. The van der Waals surface area contributed by atoms with Crippen LogP contribution < -0.4 is 15.5 Å². The van der Waals surface area contributed by atoms with Crippen molar-refractivity contribution in [2.75, 3.05) is 24.1 Å². The number of hydrogen-bond acceptors (Lipinski definition) is 4. The van der Waals surface area contributed by atoms with Gasteiger partial charge in [-0.2, -0.15) is 0 Å². The highest BCUT2D eigenvalue weighted by molar-refractivity contribution is 6.74. The van der Waals surface area contributed by atoms with Gasteiger partial charge in [0.25, 0.3) is 0 Å². The van der Waals surface area contributed by atoms with Crippen molar-refractivity contribution in [3.8, 4) is 5.75 Å². The van der Waals surface area contributed by atoms with Crippen LogP contribution in [0.1, 0.15) is 33.6 Å². The predicted octanol–water partition coefficient (Wildman–Crippen LogP) is 4.21. The molecule has 1 saturated heterocycles. The van der Waals surface area contributed by atoms with Crippen molar-refractivity contribution in [1.29, 1.82) is 0 Å². The number of nitrogens with two attached hydrogens (primary N) is 1. The molecule has 2 rings (SSSR count). The lowest BCUT2D eigenvalue weighted by Gasteiger charge is -2.36. The van der Waals surface area contributed by atoms with Crippen LogP contribution in [0.2, 0.25) is 18.1 Å². The molecule has 1 fully saturated rings. The third kappa shape index (κ3) is 4.81. The molecule has 7 heteroatoms. The summed E-state index contributed by atoms with van der Waals surface area (Å²) in [5.74, 6) is 0.839. The van der Waals surface area contributed by atoms with E-state index in [9.17, 15) is 4.79 Å². The Morgan fingerprint density at radius 3 is 2.44 bits per heavy atom. The first kappa shape index (κ1) is 19.4. The molecule has 0 unspecified atom stereocenters. The molecule has 140 valence electrons. The number of nitrogen functional groups attached to an aromatic ring is 1. The van der Waals surface area contributed by atoms with Crippen LogP contribution in [-0.2, 0) is 0 Å². The van der Waals surface area contributed by atoms with Gasteiger partial charge in [0.1, 0.15) is 5.75 Å². The average Bonchev–Trinajstić information content (AvgIpc) is 2.50. The third-order valence-electron chi connectivity index (χ3n) is 5.33. The van der Waals surface area contributed by atoms with E-state index < -0.39 is 14.4 Å². The Labute approximate surface area is 151 Å². The minimum absolute atomic E-state index is 0.131. The van der Waals surface area contributed by atoms with Crippen molar-refractivity contribution in [2.24, 2.45) is 0 Å². The maximum atomic E-state index is 11.0. The van der Waals surface area contributed by atoms with E-state index in [0.29, 0.717) is 18.8 Å². The van der Waals surface area contributed by atoms with Crippen molar-refractivity contribution in [3.63, 3.8) is 0 Å². The molecule has 1 aromatic carbocycles. The number of piperidine rings is 1. The van der Waals surface area contributed by atoms with Gasteiger partial charge in [-0.1, -0.05) is 20.8 Å². The van der Waals surface area contributed by atoms with E-state index in [2.05, 4.69) is 39.2 Å². The van der Waals surface area contributed by atoms with E-state index in [0.717, 1.165) is 24.3 Å². The molecule has 6 nitrogen and oxygen atoms in total. The van der Waals surface area contributed by atoms with Crippen LogP contribution in [0.4, 0.5) is 16.2 Å². The maximum absolute atomic E-state index is 11.0. The van der Waals surface area contributed by atoms with Gasteiger partial charge < -0.3 is 25.5 Å². The first-order valence-electron chi connectivity index (χ1n) is 8.82. The maximum Gasteiger partial charge on any atom is 0.407 e. The summed E-state index contributed by atoms with van der Waals surface area (Å²) in [6.45, 7) is 12.2. The monoisotopic (exact) mass is 365 g/mol. The quantitative estimate of drug-likeness (QED) is 0.549. The van der Waals surface area contributed by atoms with Crippen LogP contribution in [0.25, 0.3) is 0 Å². The number of carbonyl (C=O) groups is 1. The topological polar surface area (TPSA) is 87.8 Å². The first-order valence-corrected chi connectivity index (χ1v) is 11.7. The number of carboxylic acid groups (broad SMARTS) is 1. The Morgan fingerprint density at radius 2 is 1.92 bits per heavy atom. The summed E-state index contributed by atoms with van der Waals surface area (Å²) >= 11 is 0. The summed E-state index contributed by atoms with van der Waals surface area (Å²) in [5, 5.41) is 12.6. The molecule has 1 heterocycles. The second-order valence-corrected chi connectivity index (χ2v) is 13.0. The number of anilines is 2. The first-order chi connectivity index (χ1) is 11.5. The van der Waals surface area contributed by atoms with E-state index in [-0.39, 0.29) is 11.1 Å². The Hall–Kier alpha value is -1.89.